The molecule has 1 aliphatic carbocycles. The molecule has 1 rings (SSSR count). The quantitative estimate of drug-likeness (QED) is 0.517. The van der Waals surface area contributed by atoms with E-state index >= 15 is 0 Å². The van der Waals surface area contributed by atoms with Crippen LogP contribution in [0.15, 0.2) is 18.4 Å². The zero-order valence-electron chi connectivity index (χ0n) is 8.56. The van der Waals surface area contributed by atoms with Crippen LogP contribution in [0.1, 0.15) is 40.0 Å². The van der Waals surface area contributed by atoms with Gasteiger partial charge in [-0.3, -0.25) is 0 Å². The number of hydrogen-bond donors (Lipinski definition) is 0. The largest absolute Gasteiger partial charge is 0.132 e. The topological polar surface area (TPSA) is 0 Å². The van der Waals surface area contributed by atoms with Gasteiger partial charge in [-0.2, -0.15) is 0 Å². The SMILES string of the molecule is C=C=C[C@@]1(C)CC[C@@H](C)C[C@H]1C. The Morgan fingerprint density at radius 1 is 1.50 bits per heavy atom. The van der Waals surface area contributed by atoms with E-state index in [0.29, 0.717) is 5.41 Å². The van der Waals surface area contributed by atoms with Gasteiger partial charge in [0.25, 0.3) is 0 Å². The second kappa shape index (κ2) is 3.49. The van der Waals surface area contributed by atoms with Crippen LogP contribution < -0.4 is 0 Å². The third kappa shape index (κ3) is 1.81. The van der Waals surface area contributed by atoms with Crippen molar-refractivity contribution in [1.82, 2.24) is 0 Å². The van der Waals surface area contributed by atoms with Gasteiger partial charge in [0.1, 0.15) is 0 Å². The summed E-state index contributed by atoms with van der Waals surface area (Å²) in [6.07, 6.45) is 6.19. The van der Waals surface area contributed by atoms with Crippen molar-refractivity contribution in [1.29, 1.82) is 0 Å². The molecule has 0 aliphatic heterocycles. The predicted molar refractivity (Wildman–Crippen MR) is 54.0 cm³/mol. The molecule has 12 heavy (non-hydrogen) atoms. The molecular formula is C12H20. The molecule has 0 saturated heterocycles. The second-order valence-corrected chi connectivity index (χ2v) is 4.63. The predicted octanol–water partition coefficient (Wildman–Crippen LogP) is 3.79. The molecule has 0 bridgehead atoms. The van der Waals surface area contributed by atoms with Crippen LogP contribution in [0.3, 0.4) is 0 Å². The maximum Gasteiger partial charge on any atom is -0.00452 e. The van der Waals surface area contributed by atoms with Gasteiger partial charge in [0, 0.05) is 0 Å². The molecule has 0 heteroatoms. The molecule has 3 atom stereocenters. The molecule has 0 radical (unpaired) electrons. The molecule has 0 nitrogen and oxygen atoms in total. The highest BCUT2D eigenvalue weighted by Crippen LogP contribution is 2.43. The fourth-order valence-electron chi connectivity index (χ4n) is 2.24. The highest BCUT2D eigenvalue weighted by atomic mass is 14.4. The van der Waals surface area contributed by atoms with Crippen molar-refractivity contribution >= 4 is 0 Å². The van der Waals surface area contributed by atoms with E-state index in [1.165, 1.54) is 19.3 Å². The zero-order chi connectivity index (χ0) is 9.19. The summed E-state index contributed by atoms with van der Waals surface area (Å²) in [5, 5.41) is 0. The zero-order valence-corrected chi connectivity index (χ0v) is 8.56. The average molecular weight is 164 g/mol. The molecule has 0 amide bonds. The van der Waals surface area contributed by atoms with E-state index in [4.69, 9.17) is 0 Å². The normalized spacial score (nSPS) is 41.9. The van der Waals surface area contributed by atoms with Crippen LogP contribution in [-0.4, -0.2) is 0 Å². The van der Waals surface area contributed by atoms with E-state index in [1.807, 2.05) is 0 Å². The Bertz CT molecular complexity index is 198. The molecule has 1 aliphatic rings. The van der Waals surface area contributed by atoms with E-state index in [0.717, 1.165) is 11.8 Å². The second-order valence-electron chi connectivity index (χ2n) is 4.63. The monoisotopic (exact) mass is 164 g/mol. The smallest absolute Gasteiger partial charge is 0.00452 e. The van der Waals surface area contributed by atoms with E-state index in [2.05, 4.69) is 39.2 Å². The number of allylic oxidation sites excluding steroid dienone is 1. The first-order valence-corrected chi connectivity index (χ1v) is 4.95. The van der Waals surface area contributed by atoms with Gasteiger partial charge >= 0.3 is 0 Å². The van der Waals surface area contributed by atoms with Crippen LogP contribution in [0.25, 0.3) is 0 Å². The van der Waals surface area contributed by atoms with Gasteiger partial charge in [0.2, 0.25) is 0 Å². The first-order chi connectivity index (χ1) is 5.58. The minimum atomic E-state index is 0.369. The summed E-state index contributed by atoms with van der Waals surface area (Å²) in [4.78, 5) is 0. The van der Waals surface area contributed by atoms with E-state index < -0.39 is 0 Å². The standard InChI is InChI=1S/C12H20/c1-5-7-12(4)8-6-10(2)9-11(12)3/h7,10-11H,1,6,8-9H2,2-4H3/t10-,11-,12+/m1/s1. The van der Waals surface area contributed by atoms with Gasteiger partial charge in [-0.05, 0) is 42.6 Å². The van der Waals surface area contributed by atoms with Crippen molar-refractivity contribution in [2.75, 3.05) is 0 Å². The van der Waals surface area contributed by atoms with Crippen LogP contribution in [0.4, 0.5) is 0 Å². The van der Waals surface area contributed by atoms with Crippen LogP contribution in [-0.2, 0) is 0 Å². The van der Waals surface area contributed by atoms with Crippen molar-refractivity contribution in [2.45, 2.75) is 40.0 Å². The molecule has 1 saturated carbocycles. The molecular weight excluding hydrogens is 144 g/mol. The molecule has 1 fully saturated rings. The van der Waals surface area contributed by atoms with Gasteiger partial charge in [-0.15, -0.1) is 5.73 Å². The number of rotatable bonds is 1. The Balaban J connectivity index is 2.72. The molecule has 0 N–H and O–H groups in total. The van der Waals surface area contributed by atoms with Crippen LogP contribution in [0.2, 0.25) is 0 Å². The lowest BCUT2D eigenvalue weighted by atomic mass is 9.65. The van der Waals surface area contributed by atoms with Crippen LogP contribution >= 0.6 is 0 Å². The first kappa shape index (κ1) is 9.61. The van der Waals surface area contributed by atoms with Crippen LogP contribution in [0, 0.1) is 17.3 Å². The molecule has 68 valence electrons. The Labute approximate surface area is 76.4 Å². The minimum Gasteiger partial charge on any atom is -0.132 e. The van der Waals surface area contributed by atoms with Crippen molar-refractivity contribution in [3.8, 4) is 0 Å². The van der Waals surface area contributed by atoms with Crippen molar-refractivity contribution in [3.63, 3.8) is 0 Å². The lowest BCUT2D eigenvalue weighted by Gasteiger charge is -2.39. The summed E-state index contributed by atoms with van der Waals surface area (Å²) >= 11 is 0. The summed E-state index contributed by atoms with van der Waals surface area (Å²) in [7, 11) is 0. The van der Waals surface area contributed by atoms with Gasteiger partial charge in [-0.1, -0.05) is 27.4 Å². The van der Waals surface area contributed by atoms with Crippen molar-refractivity contribution < 1.29 is 0 Å². The van der Waals surface area contributed by atoms with Crippen LogP contribution in [0.5, 0.6) is 0 Å². The maximum atomic E-state index is 3.67. The van der Waals surface area contributed by atoms with Crippen molar-refractivity contribution in [2.24, 2.45) is 17.3 Å². The van der Waals surface area contributed by atoms with E-state index in [9.17, 15) is 0 Å². The molecule has 0 spiro atoms. The Morgan fingerprint density at radius 2 is 2.17 bits per heavy atom. The van der Waals surface area contributed by atoms with Gasteiger partial charge in [-0.25, -0.2) is 0 Å². The lowest BCUT2D eigenvalue weighted by Crippen LogP contribution is -2.29. The Hall–Kier alpha value is -0.480. The fraction of sp³-hybridized carbons (Fsp3) is 0.750. The van der Waals surface area contributed by atoms with E-state index in [-0.39, 0.29) is 0 Å². The third-order valence-electron chi connectivity index (χ3n) is 3.49. The third-order valence-corrected chi connectivity index (χ3v) is 3.49. The van der Waals surface area contributed by atoms with E-state index in [1.54, 1.807) is 0 Å². The summed E-state index contributed by atoms with van der Waals surface area (Å²) in [6, 6.07) is 0. The molecule has 0 aromatic heterocycles. The summed E-state index contributed by atoms with van der Waals surface area (Å²) in [5.74, 6) is 1.70. The minimum absolute atomic E-state index is 0.369. The fourth-order valence-corrected chi connectivity index (χ4v) is 2.24. The molecule has 0 unspecified atom stereocenters. The van der Waals surface area contributed by atoms with Gasteiger partial charge in [0.15, 0.2) is 0 Å². The first-order valence-electron chi connectivity index (χ1n) is 4.95. The molecule has 0 heterocycles. The highest BCUT2D eigenvalue weighted by Gasteiger charge is 2.33. The highest BCUT2D eigenvalue weighted by molar-refractivity contribution is 5.00. The Morgan fingerprint density at radius 3 is 2.67 bits per heavy atom. The molecule has 0 aromatic carbocycles. The van der Waals surface area contributed by atoms with Gasteiger partial charge in [0.05, 0.1) is 0 Å². The Kier molecular flexibility index (Phi) is 2.80. The summed E-state index contributed by atoms with van der Waals surface area (Å²) < 4.78 is 0. The van der Waals surface area contributed by atoms with Gasteiger partial charge < -0.3 is 0 Å². The summed E-state index contributed by atoms with van der Waals surface area (Å²) in [5.41, 5.74) is 3.32. The lowest BCUT2D eigenvalue weighted by molar-refractivity contribution is 0.149. The molecule has 0 aromatic rings. The average Bonchev–Trinajstić information content (AvgIpc) is 1.99. The summed E-state index contributed by atoms with van der Waals surface area (Å²) in [6.45, 7) is 10.7. The number of hydrogen-bond acceptors (Lipinski definition) is 0. The maximum absolute atomic E-state index is 3.67. The van der Waals surface area contributed by atoms with Crippen molar-refractivity contribution in [3.05, 3.63) is 18.4 Å².